The Kier molecular flexibility index (Phi) is 3.91. The van der Waals surface area contributed by atoms with E-state index < -0.39 is 0 Å². The Hall–Kier alpha value is -1.52. The number of benzene rings is 1. The predicted molar refractivity (Wildman–Crippen MR) is 88.5 cm³/mol. The number of nitrogens with one attached hydrogen (secondary N) is 2. The highest BCUT2D eigenvalue weighted by atomic mass is 35.5. The van der Waals surface area contributed by atoms with Crippen LogP contribution >= 0.6 is 12.4 Å². The Morgan fingerprint density at radius 3 is 3.00 bits per heavy atom. The lowest BCUT2D eigenvalue weighted by molar-refractivity contribution is 0.376. The molecule has 1 aromatic carbocycles. The van der Waals surface area contributed by atoms with Crippen molar-refractivity contribution in [3.05, 3.63) is 40.7 Å². The third-order valence-corrected chi connectivity index (χ3v) is 4.76. The molecule has 2 unspecified atom stereocenters. The minimum atomic E-state index is 0. The van der Waals surface area contributed by atoms with Gasteiger partial charge in [-0.3, -0.25) is 4.79 Å². The molecule has 2 N–H and O–H groups in total. The molecule has 0 amide bonds. The van der Waals surface area contributed by atoms with Crippen LogP contribution in [0.4, 0.5) is 5.69 Å². The van der Waals surface area contributed by atoms with E-state index in [4.69, 9.17) is 0 Å². The van der Waals surface area contributed by atoms with Crippen LogP contribution in [0.1, 0.15) is 12.8 Å². The molecule has 0 radical (unpaired) electrons. The van der Waals surface area contributed by atoms with E-state index >= 15 is 0 Å². The van der Waals surface area contributed by atoms with Gasteiger partial charge in [0, 0.05) is 42.5 Å². The summed E-state index contributed by atoms with van der Waals surface area (Å²) in [4.78, 5) is 17.4. The zero-order valence-electron chi connectivity index (χ0n) is 11.8. The Bertz CT molecular complexity index is 699. The van der Waals surface area contributed by atoms with Crippen molar-refractivity contribution in [2.75, 3.05) is 24.5 Å². The molecule has 2 aliphatic rings. The second kappa shape index (κ2) is 5.70. The van der Waals surface area contributed by atoms with Gasteiger partial charge in [-0.25, -0.2) is 0 Å². The van der Waals surface area contributed by atoms with Gasteiger partial charge in [0.2, 0.25) is 0 Å². The Morgan fingerprint density at radius 1 is 1.19 bits per heavy atom. The first-order valence-corrected chi connectivity index (χ1v) is 7.41. The van der Waals surface area contributed by atoms with E-state index in [0.717, 1.165) is 36.5 Å². The zero-order valence-corrected chi connectivity index (χ0v) is 12.7. The lowest BCUT2D eigenvalue weighted by atomic mass is 9.93. The van der Waals surface area contributed by atoms with Crippen LogP contribution in [0.2, 0.25) is 0 Å². The number of anilines is 1. The highest BCUT2D eigenvalue weighted by Crippen LogP contribution is 2.29. The number of aromatic nitrogens is 1. The van der Waals surface area contributed by atoms with Gasteiger partial charge in [-0.15, -0.1) is 12.4 Å². The molecule has 112 valence electrons. The van der Waals surface area contributed by atoms with Crippen molar-refractivity contribution in [2.24, 2.45) is 5.92 Å². The number of hydrogen-bond acceptors (Lipinski definition) is 3. The second-order valence-electron chi connectivity index (χ2n) is 5.92. The molecule has 5 heteroatoms. The smallest absolute Gasteiger partial charge is 0.189 e. The Morgan fingerprint density at radius 2 is 2.10 bits per heavy atom. The van der Waals surface area contributed by atoms with Crippen molar-refractivity contribution < 1.29 is 0 Å². The maximum absolute atomic E-state index is 11.8. The molecular weight excluding hydrogens is 286 g/mol. The third-order valence-electron chi connectivity index (χ3n) is 4.76. The Labute approximate surface area is 129 Å². The van der Waals surface area contributed by atoms with Gasteiger partial charge in [-0.1, -0.05) is 0 Å². The lowest BCUT2D eigenvalue weighted by Gasteiger charge is -2.36. The molecule has 2 saturated heterocycles. The fraction of sp³-hybridized carbons (Fsp3) is 0.438. The molecule has 2 aliphatic heterocycles. The maximum atomic E-state index is 11.8. The summed E-state index contributed by atoms with van der Waals surface area (Å²) in [6.07, 6.45) is 4.22. The molecule has 4 rings (SSSR count). The number of fused-ring (bicyclic) bond motifs is 2. The molecule has 21 heavy (non-hydrogen) atoms. The molecule has 4 nitrogen and oxygen atoms in total. The fourth-order valence-electron chi connectivity index (χ4n) is 3.64. The lowest BCUT2D eigenvalue weighted by Crippen LogP contribution is -2.44. The van der Waals surface area contributed by atoms with Crippen molar-refractivity contribution in [1.82, 2.24) is 10.3 Å². The van der Waals surface area contributed by atoms with Crippen molar-refractivity contribution in [3.63, 3.8) is 0 Å². The van der Waals surface area contributed by atoms with Gasteiger partial charge < -0.3 is 15.2 Å². The van der Waals surface area contributed by atoms with Crippen LogP contribution < -0.4 is 15.6 Å². The summed E-state index contributed by atoms with van der Waals surface area (Å²) in [5.41, 5.74) is 2.25. The largest absolute Gasteiger partial charge is 0.371 e. The molecule has 2 atom stereocenters. The standard InChI is InChI=1S/C16H19N3O.ClH/c20-16-4-7-18-15-9-12(1-2-13(15)16)19-8-5-14-11(10-19)3-6-17-14;/h1-2,4,7,9,11,14,17H,3,5-6,8,10H2,(H,18,20);1H. The quantitative estimate of drug-likeness (QED) is 0.848. The van der Waals surface area contributed by atoms with Gasteiger partial charge in [0.25, 0.3) is 0 Å². The second-order valence-corrected chi connectivity index (χ2v) is 5.92. The number of pyridine rings is 1. The van der Waals surface area contributed by atoms with Crippen LogP contribution in [0.3, 0.4) is 0 Å². The summed E-state index contributed by atoms with van der Waals surface area (Å²) in [5.74, 6) is 0.772. The van der Waals surface area contributed by atoms with Crippen LogP contribution in [0.15, 0.2) is 35.3 Å². The molecule has 0 saturated carbocycles. The van der Waals surface area contributed by atoms with Gasteiger partial charge >= 0.3 is 0 Å². The number of halogens is 1. The molecule has 2 aromatic rings. The normalized spacial score (nSPS) is 24.7. The predicted octanol–water partition coefficient (Wildman–Crippen LogP) is 2.14. The Balaban J connectivity index is 0.00000132. The first-order chi connectivity index (χ1) is 9.81. The number of nitrogens with zero attached hydrogens (tertiary/aromatic N) is 1. The maximum Gasteiger partial charge on any atom is 0.189 e. The number of aromatic amines is 1. The summed E-state index contributed by atoms with van der Waals surface area (Å²) in [6, 6.07) is 8.44. The zero-order chi connectivity index (χ0) is 13.5. The molecule has 0 spiro atoms. The van der Waals surface area contributed by atoms with E-state index in [9.17, 15) is 4.79 Å². The monoisotopic (exact) mass is 305 g/mol. The number of piperidine rings is 1. The first kappa shape index (κ1) is 14.4. The number of rotatable bonds is 1. The van der Waals surface area contributed by atoms with E-state index in [2.05, 4.69) is 27.3 Å². The topological polar surface area (TPSA) is 48.1 Å². The van der Waals surface area contributed by atoms with E-state index in [0.29, 0.717) is 6.04 Å². The van der Waals surface area contributed by atoms with Crippen LogP contribution in [-0.2, 0) is 0 Å². The van der Waals surface area contributed by atoms with Gasteiger partial charge in [0.1, 0.15) is 0 Å². The van der Waals surface area contributed by atoms with Crippen molar-refractivity contribution >= 4 is 29.0 Å². The number of hydrogen-bond donors (Lipinski definition) is 2. The summed E-state index contributed by atoms with van der Waals surface area (Å²) in [5, 5.41) is 4.37. The molecular formula is C16H20ClN3O. The first-order valence-electron chi connectivity index (χ1n) is 7.41. The summed E-state index contributed by atoms with van der Waals surface area (Å²) in [7, 11) is 0. The van der Waals surface area contributed by atoms with E-state index in [1.54, 1.807) is 12.3 Å². The van der Waals surface area contributed by atoms with Crippen molar-refractivity contribution in [2.45, 2.75) is 18.9 Å². The highest BCUT2D eigenvalue weighted by molar-refractivity contribution is 5.85. The highest BCUT2D eigenvalue weighted by Gasteiger charge is 2.32. The van der Waals surface area contributed by atoms with E-state index in [-0.39, 0.29) is 17.8 Å². The molecule has 0 bridgehead atoms. The van der Waals surface area contributed by atoms with Crippen LogP contribution in [0.25, 0.3) is 10.9 Å². The molecule has 3 heterocycles. The van der Waals surface area contributed by atoms with Crippen molar-refractivity contribution in [3.8, 4) is 0 Å². The van der Waals surface area contributed by atoms with Gasteiger partial charge in [0.15, 0.2) is 5.43 Å². The van der Waals surface area contributed by atoms with E-state index in [1.807, 2.05) is 6.07 Å². The summed E-state index contributed by atoms with van der Waals surface area (Å²) >= 11 is 0. The fourth-order valence-corrected chi connectivity index (χ4v) is 3.64. The van der Waals surface area contributed by atoms with Gasteiger partial charge in [-0.05, 0) is 43.5 Å². The average Bonchev–Trinajstić information content (AvgIpc) is 2.94. The van der Waals surface area contributed by atoms with Gasteiger partial charge in [0.05, 0.1) is 5.52 Å². The third kappa shape index (κ3) is 2.54. The molecule has 1 aromatic heterocycles. The van der Waals surface area contributed by atoms with Crippen LogP contribution in [0, 0.1) is 5.92 Å². The molecule has 2 fully saturated rings. The minimum absolute atomic E-state index is 0. The van der Waals surface area contributed by atoms with Gasteiger partial charge in [-0.2, -0.15) is 0 Å². The molecule has 0 aliphatic carbocycles. The summed E-state index contributed by atoms with van der Waals surface area (Å²) < 4.78 is 0. The SMILES string of the molecule is Cl.O=c1cc[nH]c2cc(N3CCC4NCCC4C3)ccc12. The van der Waals surface area contributed by atoms with Crippen LogP contribution in [0.5, 0.6) is 0 Å². The van der Waals surface area contributed by atoms with Crippen LogP contribution in [-0.4, -0.2) is 30.7 Å². The summed E-state index contributed by atoms with van der Waals surface area (Å²) in [6.45, 7) is 3.38. The average molecular weight is 306 g/mol. The van der Waals surface area contributed by atoms with Crippen molar-refractivity contribution in [1.29, 1.82) is 0 Å². The van der Waals surface area contributed by atoms with E-state index in [1.165, 1.54) is 18.5 Å². The minimum Gasteiger partial charge on any atom is -0.371 e. The number of H-pyrrole nitrogens is 1.